The zero-order chi connectivity index (χ0) is 19.3. The monoisotopic (exact) mass is 425 g/mol. The van der Waals surface area contributed by atoms with Gasteiger partial charge in [0.05, 0.1) is 12.8 Å². The van der Waals surface area contributed by atoms with Crippen LogP contribution in [0.2, 0.25) is 5.02 Å². The molecule has 1 aromatic carbocycles. The fourth-order valence-corrected chi connectivity index (χ4v) is 3.87. The van der Waals surface area contributed by atoms with Crippen LogP contribution >= 0.6 is 24.0 Å². The number of carbonyl (C=O) groups excluding carboxylic acids is 2. The third-order valence-electron chi connectivity index (χ3n) is 5.29. The molecule has 0 bridgehead atoms. The van der Waals surface area contributed by atoms with Gasteiger partial charge in [-0.2, -0.15) is 0 Å². The molecule has 28 heavy (non-hydrogen) atoms. The second-order valence-corrected chi connectivity index (χ2v) is 7.43. The van der Waals surface area contributed by atoms with Crippen LogP contribution in [0.15, 0.2) is 47.1 Å². The lowest BCUT2D eigenvalue weighted by Crippen LogP contribution is -2.47. The molecule has 0 atom stereocenters. The Morgan fingerprint density at radius 2 is 1.96 bits per heavy atom. The quantitative estimate of drug-likeness (QED) is 0.662. The van der Waals surface area contributed by atoms with E-state index in [1.165, 1.54) is 6.26 Å². The molecule has 152 valence electrons. The first-order valence-electron chi connectivity index (χ1n) is 9.09. The number of benzene rings is 1. The number of carbonyl (C=O) groups is 2. The summed E-state index contributed by atoms with van der Waals surface area (Å²) in [5.41, 5.74) is 7.17. The van der Waals surface area contributed by atoms with Gasteiger partial charge in [-0.15, -0.1) is 12.4 Å². The lowest BCUT2D eigenvalue weighted by Gasteiger charge is -2.40. The fraction of sp³-hybridized carbons (Fsp3) is 0.400. The molecule has 6 nitrogen and oxygen atoms in total. The summed E-state index contributed by atoms with van der Waals surface area (Å²) in [5, 5.41) is 6.26. The van der Waals surface area contributed by atoms with Crippen molar-refractivity contribution < 1.29 is 14.0 Å². The van der Waals surface area contributed by atoms with Crippen molar-refractivity contribution in [3.05, 3.63) is 59.0 Å². The molecule has 0 spiro atoms. The maximum Gasteiger partial charge on any atom is 0.287 e. The average molecular weight is 426 g/mol. The second-order valence-electron chi connectivity index (χ2n) is 7.00. The van der Waals surface area contributed by atoms with Gasteiger partial charge in [0.2, 0.25) is 5.91 Å². The predicted octanol–water partition coefficient (Wildman–Crippen LogP) is 3.04. The molecule has 2 aromatic rings. The topological polar surface area (TPSA) is 97.4 Å². The second kappa shape index (κ2) is 9.96. The highest BCUT2D eigenvalue weighted by Crippen LogP contribution is 2.39. The summed E-state index contributed by atoms with van der Waals surface area (Å²) in [6.45, 7) is 0.472. The highest BCUT2D eigenvalue weighted by molar-refractivity contribution is 6.30. The van der Waals surface area contributed by atoms with Crippen molar-refractivity contribution in [2.75, 3.05) is 13.1 Å². The van der Waals surface area contributed by atoms with E-state index in [0.717, 1.165) is 31.2 Å². The molecule has 0 aliphatic heterocycles. The van der Waals surface area contributed by atoms with E-state index in [4.69, 9.17) is 21.8 Å². The van der Waals surface area contributed by atoms with E-state index in [0.29, 0.717) is 11.6 Å². The van der Waals surface area contributed by atoms with Gasteiger partial charge in [0.25, 0.3) is 5.91 Å². The van der Waals surface area contributed by atoms with Crippen LogP contribution in [0.1, 0.15) is 41.8 Å². The SMILES string of the molecule is Cl.NCC1(c2cccc(Cl)c2)CCC(NC(=O)CNC(=O)c2ccco2)CC1. The molecule has 1 aliphatic rings. The standard InChI is InChI=1S/C20H24ClN3O3.ClH/c21-15-4-1-3-14(11-15)20(13-22)8-6-16(7-9-20)24-18(25)12-23-19(26)17-5-2-10-27-17;/h1-5,10-11,16H,6-9,12-13,22H2,(H,23,26)(H,24,25);1H. The van der Waals surface area contributed by atoms with Crippen LogP contribution in [0.25, 0.3) is 0 Å². The summed E-state index contributed by atoms with van der Waals surface area (Å²) in [7, 11) is 0. The number of rotatable bonds is 6. The van der Waals surface area contributed by atoms with Crippen molar-refractivity contribution in [2.24, 2.45) is 5.73 Å². The molecular weight excluding hydrogens is 401 g/mol. The van der Waals surface area contributed by atoms with Crippen molar-refractivity contribution in [1.82, 2.24) is 10.6 Å². The average Bonchev–Trinajstić information content (AvgIpc) is 3.22. The van der Waals surface area contributed by atoms with E-state index < -0.39 is 5.91 Å². The molecule has 1 saturated carbocycles. The van der Waals surface area contributed by atoms with Gasteiger partial charge in [0.1, 0.15) is 0 Å². The summed E-state index contributed by atoms with van der Waals surface area (Å²) >= 11 is 6.14. The smallest absolute Gasteiger partial charge is 0.287 e. The number of nitrogens with one attached hydrogen (secondary N) is 2. The zero-order valence-corrected chi connectivity index (χ0v) is 17.0. The van der Waals surface area contributed by atoms with Crippen molar-refractivity contribution in [3.8, 4) is 0 Å². The molecule has 1 fully saturated rings. The Hall–Kier alpha value is -2.02. The Balaban J connectivity index is 0.00000280. The van der Waals surface area contributed by atoms with Gasteiger partial charge in [-0.3, -0.25) is 9.59 Å². The van der Waals surface area contributed by atoms with E-state index in [2.05, 4.69) is 16.7 Å². The van der Waals surface area contributed by atoms with Crippen molar-refractivity contribution in [3.63, 3.8) is 0 Å². The first-order chi connectivity index (χ1) is 13.0. The third kappa shape index (κ3) is 5.28. The normalized spacial score (nSPS) is 21.4. The molecule has 0 unspecified atom stereocenters. The lowest BCUT2D eigenvalue weighted by molar-refractivity contribution is -0.121. The molecule has 4 N–H and O–H groups in total. The molecule has 3 rings (SSSR count). The Morgan fingerprint density at radius 3 is 2.57 bits per heavy atom. The minimum atomic E-state index is -0.401. The number of nitrogens with two attached hydrogens (primary N) is 1. The van der Waals surface area contributed by atoms with Crippen LogP contribution in [0.3, 0.4) is 0 Å². The van der Waals surface area contributed by atoms with Crippen LogP contribution in [0.4, 0.5) is 0 Å². The highest BCUT2D eigenvalue weighted by Gasteiger charge is 2.36. The van der Waals surface area contributed by atoms with Crippen LogP contribution < -0.4 is 16.4 Å². The van der Waals surface area contributed by atoms with E-state index in [9.17, 15) is 9.59 Å². The van der Waals surface area contributed by atoms with Crippen LogP contribution in [-0.2, 0) is 10.2 Å². The number of amides is 2. The number of hydrogen-bond donors (Lipinski definition) is 3. The van der Waals surface area contributed by atoms with Crippen molar-refractivity contribution >= 4 is 35.8 Å². The molecule has 0 radical (unpaired) electrons. The van der Waals surface area contributed by atoms with E-state index >= 15 is 0 Å². The van der Waals surface area contributed by atoms with Gasteiger partial charge in [-0.25, -0.2) is 0 Å². The van der Waals surface area contributed by atoms with E-state index in [-0.39, 0.29) is 42.1 Å². The molecule has 2 amide bonds. The summed E-state index contributed by atoms with van der Waals surface area (Å²) in [6, 6.07) is 11.1. The molecular formula is C20H25Cl2N3O3. The van der Waals surface area contributed by atoms with Gasteiger partial charge in [0, 0.05) is 23.0 Å². The van der Waals surface area contributed by atoms with Crippen LogP contribution in [0, 0.1) is 0 Å². The van der Waals surface area contributed by atoms with Crippen LogP contribution in [0.5, 0.6) is 0 Å². The fourth-order valence-electron chi connectivity index (χ4n) is 3.68. The summed E-state index contributed by atoms with van der Waals surface area (Å²) < 4.78 is 5.00. The first kappa shape index (κ1) is 22.3. The Morgan fingerprint density at radius 1 is 1.21 bits per heavy atom. The maximum atomic E-state index is 12.1. The maximum absolute atomic E-state index is 12.1. The molecule has 1 aliphatic carbocycles. The first-order valence-corrected chi connectivity index (χ1v) is 9.47. The van der Waals surface area contributed by atoms with E-state index in [1.54, 1.807) is 12.1 Å². The Kier molecular flexibility index (Phi) is 7.92. The Labute approximate surface area is 175 Å². The third-order valence-corrected chi connectivity index (χ3v) is 5.53. The van der Waals surface area contributed by atoms with Crippen LogP contribution in [-0.4, -0.2) is 30.9 Å². The summed E-state index contributed by atoms with van der Waals surface area (Å²) in [5.74, 6) is -0.417. The number of halogens is 2. The molecule has 8 heteroatoms. The predicted molar refractivity (Wildman–Crippen MR) is 111 cm³/mol. The van der Waals surface area contributed by atoms with E-state index in [1.807, 2.05) is 18.2 Å². The minimum Gasteiger partial charge on any atom is -0.459 e. The van der Waals surface area contributed by atoms with Gasteiger partial charge in [0.15, 0.2) is 5.76 Å². The zero-order valence-electron chi connectivity index (χ0n) is 15.4. The largest absolute Gasteiger partial charge is 0.459 e. The van der Waals surface area contributed by atoms with Gasteiger partial charge in [-0.05, 0) is 55.5 Å². The lowest BCUT2D eigenvalue weighted by atomic mass is 9.68. The van der Waals surface area contributed by atoms with Crippen molar-refractivity contribution in [1.29, 1.82) is 0 Å². The summed E-state index contributed by atoms with van der Waals surface area (Å²) in [6.07, 6.45) is 4.85. The van der Waals surface area contributed by atoms with Gasteiger partial charge in [-0.1, -0.05) is 23.7 Å². The molecule has 1 heterocycles. The Bertz CT molecular complexity index is 788. The highest BCUT2D eigenvalue weighted by atomic mass is 35.5. The molecule has 0 saturated heterocycles. The minimum absolute atomic E-state index is 0. The van der Waals surface area contributed by atoms with Crippen molar-refractivity contribution in [2.45, 2.75) is 37.1 Å². The molecule has 1 aromatic heterocycles. The van der Waals surface area contributed by atoms with Gasteiger partial charge < -0.3 is 20.8 Å². The number of furan rings is 1. The van der Waals surface area contributed by atoms with Gasteiger partial charge >= 0.3 is 0 Å². The number of hydrogen-bond acceptors (Lipinski definition) is 4. The summed E-state index contributed by atoms with van der Waals surface area (Å²) in [4.78, 5) is 23.9.